The van der Waals surface area contributed by atoms with Crippen molar-refractivity contribution in [2.45, 2.75) is 13.8 Å². The van der Waals surface area contributed by atoms with E-state index in [1.54, 1.807) is 18.2 Å². The van der Waals surface area contributed by atoms with E-state index in [-0.39, 0.29) is 15.6 Å². The Labute approximate surface area is 149 Å². The topological polar surface area (TPSA) is 47.6 Å². The van der Waals surface area contributed by atoms with E-state index >= 15 is 0 Å². The number of carbonyl (C=O) groups is 1. The van der Waals surface area contributed by atoms with Gasteiger partial charge in [-0.15, -0.1) is 0 Å². The Balaban J connectivity index is 2.33. The first-order valence-corrected chi connectivity index (χ1v) is 8.07. The summed E-state index contributed by atoms with van der Waals surface area (Å²) in [5.41, 5.74) is 0.377. The van der Waals surface area contributed by atoms with Crippen LogP contribution in [0.1, 0.15) is 24.2 Å². The summed E-state index contributed by atoms with van der Waals surface area (Å²) >= 11 is 11.6. The van der Waals surface area contributed by atoms with Gasteiger partial charge in [-0.1, -0.05) is 23.2 Å². The van der Waals surface area contributed by atoms with Gasteiger partial charge < -0.3 is 14.8 Å². The smallest absolute Gasteiger partial charge is 0.257 e. The van der Waals surface area contributed by atoms with Crippen LogP contribution >= 0.6 is 23.2 Å². The number of rotatable bonds is 6. The van der Waals surface area contributed by atoms with Gasteiger partial charge in [-0.25, -0.2) is 4.39 Å². The monoisotopic (exact) mass is 371 g/mol. The molecule has 0 aromatic heterocycles. The molecular weight excluding hydrogens is 356 g/mol. The Kier molecular flexibility index (Phi) is 6.29. The average Bonchev–Trinajstić information content (AvgIpc) is 2.53. The fourth-order valence-electron chi connectivity index (χ4n) is 2.03. The minimum absolute atomic E-state index is 0.0252. The molecule has 0 aliphatic heterocycles. The maximum atomic E-state index is 13.6. The highest BCUT2D eigenvalue weighted by Gasteiger charge is 2.16. The Morgan fingerprint density at radius 3 is 2.46 bits per heavy atom. The number of anilines is 1. The summed E-state index contributed by atoms with van der Waals surface area (Å²) in [6.07, 6.45) is 0. The summed E-state index contributed by atoms with van der Waals surface area (Å²) in [5.74, 6) is -0.256. The molecule has 24 heavy (non-hydrogen) atoms. The number of hydrogen-bond donors (Lipinski definition) is 1. The number of carbonyl (C=O) groups excluding carboxylic acids is 1. The van der Waals surface area contributed by atoms with Crippen LogP contribution in [-0.2, 0) is 0 Å². The molecule has 0 spiro atoms. The molecule has 0 fully saturated rings. The van der Waals surface area contributed by atoms with Gasteiger partial charge in [0.1, 0.15) is 17.3 Å². The highest BCUT2D eigenvalue weighted by molar-refractivity contribution is 6.37. The molecular formula is C17H16Cl2FNO3. The van der Waals surface area contributed by atoms with Crippen molar-refractivity contribution in [2.24, 2.45) is 0 Å². The van der Waals surface area contributed by atoms with Crippen molar-refractivity contribution < 1.29 is 18.7 Å². The van der Waals surface area contributed by atoms with Crippen molar-refractivity contribution in [1.29, 1.82) is 0 Å². The summed E-state index contributed by atoms with van der Waals surface area (Å²) in [5, 5.41) is 2.57. The molecule has 2 aromatic rings. The van der Waals surface area contributed by atoms with Crippen LogP contribution in [0.15, 0.2) is 30.3 Å². The minimum Gasteiger partial charge on any atom is -0.494 e. The molecule has 7 heteroatoms. The van der Waals surface area contributed by atoms with E-state index in [9.17, 15) is 9.18 Å². The molecule has 2 rings (SSSR count). The Hall–Kier alpha value is -1.98. The SMILES string of the molecule is CCOc1ccc(OCC)c(NC(=O)c2cc(F)c(Cl)cc2Cl)c1. The number of benzene rings is 2. The van der Waals surface area contributed by atoms with Crippen molar-refractivity contribution >= 4 is 34.8 Å². The third-order valence-electron chi connectivity index (χ3n) is 3.06. The van der Waals surface area contributed by atoms with Gasteiger partial charge in [-0.3, -0.25) is 4.79 Å². The molecule has 4 nitrogen and oxygen atoms in total. The molecule has 128 valence electrons. The second-order valence-corrected chi connectivity index (χ2v) is 5.54. The molecule has 1 N–H and O–H groups in total. The van der Waals surface area contributed by atoms with Crippen LogP contribution in [0.25, 0.3) is 0 Å². The fraction of sp³-hybridized carbons (Fsp3) is 0.235. The van der Waals surface area contributed by atoms with Crippen LogP contribution in [0.5, 0.6) is 11.5 Å². The quantitative estimate of drug-likeness (QED) is 0.711. The maximum absolute atomic E-state index is 13.6. The molecule has 1 amide bonds. The number of amides is 1. The molecule has 0 aliphatic rings. The van der Waals surface area contributed by atoms with Crippen molar-refractivity contribution in [3.63, 3.8) is 0 Å². The summed E-state index contributed by atoms with van der Waals surface area (Å²) in [7, 11) is 0. The molecule has 0 heterocycles. The summed E-state index contributed by atoms with van der Waals surface area (Å²) < 4.78 is 24.5. The van der Waals surface area contributed by atoms with Gasteiger partial charge in [-0.2, -0.15) is 0 Å². The number of halogens is 3. The Morgan fingerprint density at radius 1 is 1.08 bits per heavy atom. The normalized spacial score (nSPS) is 10.4. The molecule has 0 unspecified atom stereocenters. The van der Waals surface area contributed by atoms with Gasteiger partial charge in [0.05, 0.1) is 34.5 Å². The summed E-state index contributed by atoms with van der Waals surface area (Å²) in [4.78, 5) is 12.4. The second kappa shape index (κ2) is 8.22. The summed E-state index contributed by atoms with van der Waals surface area (Å²) in [6, 6.07) is 7.24. The maximum Gasteiger partial charge on any atom is 0.257 e. The van der Waals surface area contributed by atoms with Crippen molar-refractivity contribution in [1.82, 2.24) is 0 Å². The molecule has 0 saturated carbocycles. The zero-order chi connectivity index (χ0) is 17.7. The highest BCUT2D eigenvalue weighted by atomic mass is 35.5. The first kappa shape index (κ1) is 18.4. The van der Waals surface area contributed by atoms with Gasteiger partial charge in [0, 0.05) is 6.07 Å². The van der Waals surface area contributed by atoms with Crippen LogP contribution in [0.3, 0.4) is 0 Å². The first-order chi connectivity index (χ1) is 11.5. The molecule has 2 aromatic carbocycles. The zero-order valence-electron chi connectivity index (χ0n) is 13.2. The van der Waals surface area contributed by atoms with Crippen LogP contribution in [0.2, 0.25) is 10.0 Å². The van der Waals surface area contributed by atoms with E-state index in [0.29, 0.717) is 30.4 Å². The average molecular weight is 372 g/mol. The van der Waals surface area contributed by atoms with Crippen LogP contribution in [-0.4, -0.2) is 19.1 Å². The van der Waals surface area contributed by atoms with Gasteiger partial charge in [0.15, 0.2) is 0 Å². The largest absolute Gasteiger partial charge is 0.494 e. The van der Waals surface area contributed by atoms with Gasteiger partial charge in [0.2, 0.25) is 0 Å². The molecule has 0 saturated heterocycles. The standard InChI is InChI=1S/C17H16Cl2FNO3/c1-3-23-10-5-6-16(24-4-2)15(7-10)21-17(22)11-8-14(20)13(19)9-12(11)18/h5-9H,3-4H2,1-2H3,(H,21,22). The van der Waals surface area contributed by atoms with Crippen LogP contribution in [0, 0.1) is 5.82 Å². The number of nitrogens with one attached hydrogen (secondary N) is 1. The summed E-state index contributed by atoms with van der Waals surface area (Å²) in [6.45, 7) is 4.58. The Morgan fingerprint density at radius 2 is 1.79 bits per heavy atom. The third kappa shape index (κ3) is 4.30. The van der Waals surface area contributed by atoms with Crippen molar-refractivity contribution in [3.8, 4) is 11.5 Å². The van der Waals surface area contributed by atoms with Crippen LogP contribution in [0.4, 0.5) is 10.1 Å². The number of hydrogen-bond acceptors (Lipinski definition) is 3. The fourth-order valence-corrected chi connectivity index (χ4v) is 2.50. The third-order valence-corrected chi connectivity index (χ3v) is 3.67. The van der Waals surface area contributed by atoms with Gasteiger partial charge in [-0.05, 0) is 38.1 Å². The predicted molar refractivity (Wildman–Crippen MR) is 93.2 cm³/mol. The minimum atomic E-state index is -0.723. The van der Waals surface area contributed by atoms with Gasteiger partial charge >= 0.3 is 0 Å². The molecule has 0 bridgehead atoms. The lowest BCUT2D eigenvalue weighted by molar-refractivity contribution is 0.102. The van der Waals surface area contributed by atoms with Crippen molar-refractivity contribution in [2.75, 3.05) is 18.5 Å². The van der Waals surface area contributed by atoms with E-state index < -0.39 is 11.7 Å². The lowest BCUT2D eigenvalue weighted by atomic mass is 10.2. The predicted octanol–water partition coefficient (Wildman–Crippen LogP) is 5.18. The van der Waals surface area contributed by atoms with E-state index in [1.165, 1.54) is 6.07 Å². The Bertz CT molecular complexity index is 753. The van der Waals surface area contributed by atoms with E-state index in [1.807, 2.05) is 13.8 Å². The van der Waals surface area contributed by atoms with Gasteiger partial charge in [0.25, 0.3) is 5.91 Å². The molecule has 0 radical (unpaired) electrons. The van der Waals surface area contributed by atoms with Crippen molar-refractivity contribution in [3.05, 3.63) is 51.8 Å². The van der Waals surface area contributed by atoms with E-state index in [0.717, 1.165) is 6.07 Å². The lowest BCUT2D eigenvalue weighted by Crippen LogP contribution is -2.14. The second-order valence-electron chi connectivity index (χ2n) is 4.72. The lowest BCUT2D eigenvalue weighted by Gasteiger charge is -2.14. The number of ether oxygens (including phenoxy) is 2. The molecule has 0 atom stereocenters. The van der Waals surface area contributed by atoms with Crippen LogP contribution < -0.4 is 14.8 Å². The van der Waals surface area contributed by atoms with E-state index in [4.69, 9.17) is 32.7 Å². The van der Waals surface area contributed by atoms with E-state index in [2.05, 4.69) is 5.32 Å². The highest BCUT2D eigenvalue weighted by Crippen LogP contribution is 2.31. The molecule has 0 aliphatic carbocycles. The first-order valence-electron chi connectivity index (χ1n) is 7.31. The zero-order valence-corrected chi connectivity index (χ0v) is 14.7.